The van der Waals surface area contributed by atoms with E-state index in [4.69, 9.17) is 9.88 Å². The van der Waals surface area contributed by atoms with Gasteiger partial charge in [-0.25, -0.2) is 13.6 Å². The van der Waals surface area contributed by atoms with Gasteiger partial charge in [-0.1, -0.05) is 30.3 Å². The van der Waals surface area contributed by atoms with Crippen molar-refractivity contribution in [2.75, 3.05) is 18.5 Å². The van der Waals surface area contributed by atoms with E-state index in [9.17, 15) is 8.42 Å². The Labute approximate surface area is 155 Å². The van der Waals surface area contributed by atoms with Gasteiger partial charge in [-0.2, -0.15) is 0 Å². The van der Waals surface area contributed by atoms with Crippen LogP contribution in [-0.4, -0.2) is 22.0 Å². The van der Waals surface area contributed by atoms with Crippen LogP contribution in [0, 0.1) is 0 Å². The molecule has 2 aromatic rings. The summed E-state index contributed by atoms with van der Waals surface area (Å²) in [6.45, 7) is 6.78. The summed E-state index contributed by atoms with van der Waals surface area (Å²) in [5.74, 6) is 0.645. The third-order valence-electron chi connectivity index (χ3n) is 4.64. The van der Waals surface area contributed by atoms with E-state index in [2.05, 4.69) is 24.5 Å². The molecule has 6 heteroatoms. The molecule has 0 aromatic heterocycles. The Morgan fingerprint density at radius 3 is 2.73 bits per heavy atom. The van der Waals surface area contributed by atoms with Crippen molar-refractivity contribution in [1.82, 2.24) is 0 Å². The van der Waals surface area contributed by atoms with Crippen LogP contribution in [0.2, 0.25) is 0 Å². The Balaban J connectivity index is 2.19. The van der Waals surface area contributed by atoms with E-state index >= 15 is 0 Å². The maximum absolute atomic E-state index is 11.5. The van der Waals surface area contributed by atoms with Gasteiger partial charge in [0.05, 0.1) is 5.75 Å². The fraction of sp³-hybridized carbons (Fsp3) is 0.300. The van der Waals surface area contributed by atoms with E-state index in [1.807, 2.05) is 43.5 Å². The summed E-state index contributed by atoms with van der Waals surface area (Å²) in [7, 11) is -1.55. The molecule has 3 rings (SSSR count). The summed E-state index contributed by atoms with van der Waals surface area (Å²) in [5, 5.41) is 5.21. The van der Waals surface area contributed by atoms with Crippen molar-refractivity contribution >= 4 is 15.7 Å². The number of anilines is 1. The lowest BCUT2D eigenvalue weighted by Gasteiger charge is -2.32. The van der Waals surface area contributed by atoms with Crippen LogP contribution in [0.25, 0.3) is 11.1 Å². The summed E-state index contributed by atoms with van der Waals surface area (Å²) < 4.78 is 29.2. The molecule has 1 aliphatic rings. The molecule has 0 saturated carbocycles. The lowest BCUT2D eigenvalue weighted by Crippen LogP contribution is -2.20. The zero-order valence-electron chi connectivity index (χ0n) is 15.1. The number of sulfonamides is 1. The maximum Gasteiger partial charge on any atom is 0.213 e. The molecular formula is C20H24N2O3S. The quantitative estimate of drug-likeness (QED) is 0.786. The number of hydrogen-bond donors (Lipinski definition) is 1. The first-order chi connectivity index (χ1) is 12.3. The molecule has 5 nitrogen and oxygen atoms in total. The van der Waals surface area contributed by atoms with Crippen LogP contribution in [0.1, 0.15) is 30.6 Å². The zero-order valence-corrected chi connectivity index (χ0v) is 15.9. The monoisotopic (exact) mass is 372 g/mol. The number of nitrogens with two attached hydrogens (primary N) is 1. The number of fused-ring (bicyclic) bond motifs is 3. The lowest BCUT2D eigenvalue weighted by atomic mass is 9.89. The zero-order chi connectivity index (χ0) is 18.9. The van der Waals surface area contributed by atoms with E-state index < -0.39 is 10.0 Å². The molecular weight excluding hydrogens is 348 g/mol. The molecule has 2 N–H and O–H groups in total. The third kappa shape index (κ3) is 3.61. The molecule has 0 fully saturated rings. The molecule has 0 aliphatic carbocycles. The summed E-state index contributed by atoms with van der Waals surface area (Å²) in [6, 6.07) is 11.7. The van der Waals surface area contributed by atoms with Gasteiger partial charge in [0.15, 0.2) is 0 Å². The van der Waals surface area contributed by atoms with Crippen molar-refractivity contribution in [2.45, 2.75) is 25.2 Å². The number of benzene rings is 2. The second-order valence-corrected chi connectivity index (χ2v) is 8.14. The standard InChI is InChI=1S/C20H24N2O3S/c1-4-7-18-16-12-14(13-26(21,23)24)10-11-15(16)20-17(22(3)5-2)8-6-9-19(20)25-18/h4,6,8-12,18H,1,5,7,13H2,2-3H3,(H2,21,23,24). The Morgan fingerprint density at radius 2 is 2.08 bits per heavy atom. The smallest absolute Gasteiger partial charge is 0.213 e. The van der Waals surface area contributed by atoms with E-state index in [-0.39, 0.29) is 11.9 Å². The molecule has 0 radical (unpaired) electrons. The van der Waals surface area contributed by atoms with E-state index in [1.54, 1.807) is 0 Å². The highest BCUT2D eigenvalue weighted by atomic mass is 32.2. The van der Waals surface area contributed by atoms with Crippen LogP contribution >= 0.6 is 0 Å². The molecule has 26 heavy (non-hydrogen) atoms. The highest BCUT2D eigenvalue weighted by Gasteiger charge is 2.28. The van der Waals surface area contributed by atoms with Crippen LogP contribution in [0.4, 0.5) is 5.69 Å². The number of ether oxygens (including phenoxy) is 1. The first-order valence-electron chi connectivity index (χ1n) is 8.59. The number of nitrogens with zero attached hydrogens (tertiary/aromatic N) is 1. The highest BCUT2D eigenvalue weighted by Crippen LogP contribution is 2.48. The highest BCUT2D eigenvalue weighted by molar-refractivity contribution is 7.88. The average molecular weight is 372 g/mol. The molecule has 138 valence electrons. The van der Waals surface area contributed by atoms with Crippen LogP contribution < -0.4 is 14.8 Å². The van der Waals surface area contributed by atoms with Crippen LogP contribution in [0.15, 0.2) is 49.1 Å². The Bertz CT molecular complexity index is 938. The van der Waals surface area contributed by atoms with Gasteiger partial charge in [0, 0.05) is 36.8 Å². The van der Waals surface area contributed by atoms with Gasteiger partial charge in [0.2, 0.25) is 10.0 Å². The normalized spacial score (nSPS) is 15.6. The van der Waals surface area contributed by atoms with E-state index in [1.165, 1.54) is 0 Å². The van der Waals surface area contributed by atoms with Crippen molar-refractivity contribution in [3.05, 3.63) is 60.2 Å². The van der Waals surface area contributed by atoms with Gasteiger partial charge >= 0.3 is 0 Å². The largest absolute Gasteiger partial charge is 0.485 e. The summed E-state index contributed by atoms with van der Waals surface area (Å²) in [6.07, 6.45) is 2.25. The average Bonchev–Trinajstić information content (AvgIpc) is 2.59. The van der Waals surface area contributed by atoms with Crippen molar-refractivity contribution in [1.29, 1.82) is 0 Å². The predicted molar refractivity (Wildman–Crippen MR) is 106 cm³/mol. The second kappa shape index (κ2) is 7.13. The molecule has 0 spiro atoms. The molecule has 1 unspecified atom stereocenters. The SMILES string of the molecule is C=CCC1Oc2cccc(N(C)CC)c2-c2ccc(CS(N)(=O)=O)cc21. The topological polar surface area (TPSA) is 72.6 Å². The van der Waals surface area contributed by atoms with Gasteiger partial charge in [-0.3, -0.25) is 0 Å². The lowest BCUT2D eigenvalue weighted by molar-refractivity contribution is 0.206. The van der Waals surface area contributed by atoms with Gasteiger partial charge < -0.3 is 9.64 Å². The second-order valence-electron chi connectivity index (χ2n) is 6.52. The first-order valence-corrected chi connectivity index (χ1v) is 10.3. The van der Waals surface area contributed by atoms with Gasteiger partial charge in [0.1, 0.15) is 11.9 Å². The maximum atomic E-state index is 11.5. The van der Waals surface area contributed by atoms with Crippen molar-refractivity contribution in [3.8, 4) is 16.9 Å². The van der Waals surface area contributed by atoms with E-state index in [0.717, 1.165) is 34.7 Å². The molecule has 0 amide bonds. The minimum atomic E-state index is -3.59. The van der Waals surface area contributed by atoms with Gasteiger partial charge in [-0.15, -0.1) is 6.58 Å². The minimum absolute atomic E-state index is 0.190. The molecule has 2 aromatic carbocycles. The Hall–Kier alpha value is -2.31. The minimum Gasteiger partial charge on any atom is -0.485 e. The fourth-order valence-corrected chi connectivity index (χ4v) is 3.99. The van der Waals surface area contributed by atoms with Gasteiger partial charge in [0.25, 0.3) is 0 Å². The molecule has 1 heterocycles. The van der Waals surface area contributed by atoms with Gasteiger partial charge in [-0.05, 0) is 30.2 Å². The molecule has 0 saturated heterocycles. The van der Waals surface area contributed by atoms with Crippen LogP contribution in [0.3, 0.4) is 0 Å². The van der Waals surface area contributed by atoms with Crippen molar-refractivity contribution in [2.24, 2.45) is 5.14 Å². The molecule has 1 atom stereocenters. The predicted octanol–water partition coefficient (Wildman–Crippen LogP) is 3.61. The van der Waals surface area contributed by atoms with Crippen molar-refractivity contribution in [3.63, 3.8) is 0 Å². The van der Waals surface area contributed by atoms with E-state index in [0.29, 0.717) is 12.0 Å². The summed E-state index contributed by atoms with van der Waals surface area (Å²) >= 11 is 0. The van der Waals surface area contributed by atoms with Crippen LogP contribution in [0.5, 0.6) is 5.75 Å². The third-order valence-corrected chi connectivity index (χ3v) is 5.38. The van der Waals surface area contributed by atoms with Crippen LogP contribution in [-0.2, 0) is 15.8 Å². The van der Waals surface area contributed by atoms with Crippen molar-refractivity contribution < 1.29 is 13.2 Å². The fourth-order valence-electron chi connectivity index (χ4n) is 3.35. The molecule has 0 bridgehead atoms. The summed E-state index contributed by atoms with van der Waals surface area (Å²) in [5.41, 5.74) is 4.81. The number of hydrogen-bond acceptors (Lipinski definition) is 4. The first kappa shape index (κ1) is 18.5. The molecule has 1 aliphatic heterocycles. The Morgan fingerprint density at radius 1 is 1.31 bits per heavy atom. The number of primary sulfonamides is 1. The summed E-state index contributed by atoms with van der Waals surface area (Å²) in [4.78, 5) is 2.16. The number of rotatable bonds is 6. The Kier molecular flexibility index (Phi) is 5.07.